The van der Waals surface area contributed by atoms with E-state index in [4.69, 9.17) is 11.6 Å². The molecule has 1 aromatic heterocycles. The van der Waals surface area contributed by atoms with Crippen LogP contribution in [0.5, 0.6) is 0 Å². The highest BCUT2D eigenvalue weighted by atomic mass is 35.5. The van der Waals surface area contributed by atoms with Gasteiger partial charge in [0.25, 0.3) is 0 Å². The first-order valence-corrected chi connectivity index (χ1v) is 10.4. The van der Waals surface area contributed by atoms with Crippen LogP contribution in [0.15, 0.2) is 47.5 Å². The maximum Gasteiger partial charge on any atom is 0.191 e. The smallest absolute Gasteiger partial charge is 0.191 e. The average Bonchev–Trinajstić information content (AvgIpc) is 3.47. The van der Waals surface area contributed by atoms with Gasteiger partial charge < -0.3 is 15.5 Å². The number of aliphatic imine (C=N–C) groups is 1. The highest BCUT2D eigenvalue weighted by Crippen LogP contribution is 2.41. The molecule has 0 amide bonds. The van der Waals surface area contributed by atoms with Crippen molar-refractivity contribution in [1.29, 1.82) is 0 Å². The first kappa shape index (κ1) is 19.1. The fourth-order valence-electron chi connectivity index (χ4n) is 3.96. The fraction of sp³-hybridized carbons (Fsp3) is 0.455. The van der Waals surface area contributed by atoms with Gasteiger partial charge in [-0.1, -0.05) is 29.8 Å². The second kappa shape index (κ2) is 8.39. The third kappa shape index (κ3) is 4.58. The van der Waals surface area contributed by atoms with E-state index in [9.17, 15) is 0 Å². The van der Waals surface area contributed by atoms with Crippen LogP contribution in [0.25, 0.3) is 0 Å². The summed E-state index contributed by atoms with van der Waals surface area (Å²) in [5.74, 6) is 2.51. The van der Waals surface area contributed by atoms with Crippen molar-refractivity contribution in [3.8, 4) is 0 Å². The molecule has 2 atom stereocenters. The molecule has 2 aromatic rings. The Morgan fingerprint density at radius 3 is 2.64 bits per heavy atom. The molecule has 0 spiro atoms. The SMILES string of the molecule is CN=C(NC1CCN(c2cccc(C)n2)CC1)NC1CC1c1cccc(Cl)c1. The quantitative estimate of drug-likeness (QED) is 0.609. The van der Waals surface area contributed by atoms with Gasteiger partial charge >= 0.3 is 0 Å². The largest absolute Gasteiger partial charge is 0.356 e. The predicted octanol–water partition coefficient (Wildman–Crippen LogP) is 3.73. The Morgan fingerprint density at radius 2 is 1.93 bits per heavy atom. The standard InChI is InChI=1S/C22H28ClN5/c1-15-5-3-8-21(25-15)28-11-9-18(10-12-28)26-22(24-2)27-20-14-19(20)16-6-4-7-17(23)13-16/h3-8,13,18-20H,9-12,14H2,1-2H3,(H2,24,26,27). The van der Waals surface area contributed by atoms with Crippen molar-refractivity contribution in [3.63, 3.8) is 0 Å². The Kier molecular flexibility index (Phi) is 5.72. The summed E-state index contributed by atoms with van der Waals surface area (Å²) in [5, 5.41) is 7.99. The Hall–Kier alpha value is -2.27. The first-order chi connectivity index (χ1) is 13.6. The van der Waals surface area contributed by atoms with Gasteiger partial charge in [-0.25, -0.2) is 4.98 Å². The van der Waals surface area contributed by atoms with Gasteiger partial charge in [-0.2, -0.15) is 0 Å². The van der Waals surface area contributed by atoms with Crippen molar-refractivity contribution in [2.24, 2.45) is 4.99 Å². The summed E-state index contributed by atoms with van der Waals surface area (Å²) < 4.78 is 0. The third-order valence-corrected chi connectivity index (χ3v) is 5.88. The molecule has 148 valence electrons. The molecule has 28 heavy (non-hydrogen) atoms. The molecular formula is C22H28ClN5. The molecule has 2 unspecified atom stereocenters. The highest BCUT2D eigenvalue weighted by Gasteiger charge is 2.39. The number of aromatic nitrogens is 1. The van der Waals surface area contributed by atoms with E-state index in [2.05, 4.69) is 49.8 Å². The number of nitrogens with zero attached hydrogens (tertiary/aromatic N) is 3. The number of hydrogen-bond donors (Lipinski definition) is 2. The van der Waals surface area contributed by atoms with E-state index in [0.717, 1.165) is 54.8 Å². The zero-order chi connectivity index (χ0) is 19.5. The maximum atomic E-state index is 6.13. The summed E-state index contributed by atoms with van der Waals surface area (Å²) in [6.07, 6.45) is 3.29. The lowest BCUT2D eigenvalue weighted by molar-refractivity contribution is 0.459. The normalized spacial score (nSPS) is 22.8. The van der Waals surface area contributed by atoms with Gasteiger partial charge in [-0.15, -0.1) is 0 Å². The Bertz CT molecular complexity index is 844. The molecule has 5 nitrogen and oxygen atoms in total. The van der Waals surface area contributed by atoms with E-state index in [-0.39, 0.29) is 0 Å². The molecular weight excluding hydrogens is 370 g/mol. The van der Waals surface area contributed by atoms with Crippen molar-refractivity contribution >= 4 is 23.4 Å². The molecule has 4 rings (SSSR count). The van der Waals surface area contributed by atoms with Gasteiger partial charge in [-0.05, 0) is 56.0 Å². The van der Waals surface area contributed by atoms with Crippen LogP contribution >= 0.6 is 11.6 Å². The maximum absolute atomic E-state index is 6.13. The van der Waals surface area contributed by atoms with Crippen LogP contribution in [-0.4, -0.2) is 43.2 Å². The molecule has 6 heteroatoms. The topological polar surface area (TPSA) is 52.6 Å². The molecule has 2 heterocycles. The van der Waals surface area contributed by atoms with E-state index >= 15 is 0 Å². The molecule has 1 saturated heterocycles. The molecule has 2 aliphatic rings. The van der Waals surface area contributed by atoms with E-state index < -0.39 is 0 Å². The lowest BCUT2D eigenvalue weighted by Crippen LogP contribution is -2.49. The number of piperidine rings is 1. The van der Waals surface area contributed by atoms with Crippen LogP contribution in [0.2, 0.25) is 5.02 Å². The monoisotopic (exact) mass is 397 g/mol. The van der Waals surface area contributed by atoms with Crippen LogP contribution in [0.4, 0.5) is 5.82 Å². The van der Waals surface area contributed by atoms with Crippen molar-refractivity contribution in [2.45, 2.75) is 44.2 Å². The van der Waals surface area contributed by atoms with Crippen molar-refractivity contribution in [1.82, 2.24) is 15.6 Å². The molecule has 1 aliphatic heterocycles. The van der Waals surface area contributed by atoms with Gasteiger partial charge in [0.1, 0.15) is 5.82 Å². The van der Waals surface area contributed by atoms with Crippen LogP contribution < -0.4 is 15.5 Å². The van der Waals surface area contributed by atoms with Crippen LogP contribution in [0.3, 0.4) is 0 Å². The lowest BCUT2D eigenvalue weighted by atomic mass is 10.1. The summed E-state index contributed by atoms with van der Waals surface area (Å²) in [6, 6.07) is 15.3. The highest BCUT2D eigenvalue weighted by molar-refractivity contribution is 6.30. The molecule has 2 N–H and O–H groups in total. The fourth-order valence-corrected chi connectivity index (χ4v) is 4.16. The molecule has 2 fully saturated rings. The number of nitrogens with one attached hydrogen (secondary N) is 2. The number of hydrogen-bond acceptors (Lipinski definition) is 3. The van der Waals surface area contributed by atoms with Gasteiger partial charge in [0.15, 0.2) is 5.96 Å². The minimum atomic E-state index is 0.432. The summed E-state index contributed by atoms with van der Waals surface area (Å²) in [5.41, 5.74) is 2.38. The van der Waals surface area contributed by atoms with E-state index in [0.29, 0.717) is 18.0 Å². The van der Waals surface area contributed by atoms with Crippen LogP contribution in [0, 0.1) is 6.92 Å². The summed E-state index contributed by atoms with van der Waals surface area (Å²) in [4.78, 5) is 11.5. The number of guanidine groups is 1. The van der Waals surface area contributed by atoms with E-state index in [1.807, 2.05) is 32.2 Å². The number of halogens is 1. The lowest BCUT2D eigenvalue weighted by Gasteiger charge is -2.34. The molecule has 0 radical (unpaired) electrons. The zero-order valence-corrected chi connectivity index (χ0v) is 17.3. The van der Waals surface area contributed by atoms with E-state index in [1.165, 1.54) is 5.56 Å². The number of benzene rings is 1. The molecule has 1 aliphatic carbocycles. The second-order valence-corrected chi connectivity index (χ2v) is 8.20. The molecule has 1 aromatic carbocycles. The number of pyridine rings is 1. The number of aryl methyl sites for hydroxylation is 1. The summed E-state index contributed by atoms with van der Waals surface area (Å²) >= 11 is 6.13. The Balaban J connectivity index is 1.26. The second-order valence-electron chi connectivity index (χ2n) is 7.76. The Morgan fingerprint density at radius 1 is 1.14 bits per heavy atom. The van der Waals surface area contributed by atoms with Crippen LogP contribution in [0.1, 0.15) is 36.4 Å². The summed E-state index contributed by atoms with van der Waals surface area (Å²) in [6.45, 7) is 4.07. The number of anilines is 1. The van der Waals surface area contributed by atoms with Gasteiger partial charge in [0, 0.05) is 48.9 Å². The molecule has 1 saturated carbocycles. The van der Waals surface area contributed by atoms with Gasteiger partial charge in [0.05, 0.1) is 0 Å². The van der Waals surface area contributed by atoms with Gasteiger partial charge in [0.2, 0.25) is 0 Å². The van der Waals surface area contributed by atoms with Crippen molar-refractivity contribution < 1.29 is 0 Å². The summed E-state index contributed by atoms with van der Waals surface area (Å²) in [7, 11) is 1.85. The predicted molar refractivity (Wildman–Crippen MR) is 116 cm³/mol. The van der Waals surface area contributed by atoms with Gasteiger partial charge in [-0.3, -0.25) is 4.99 Å². The van der Waals surface area contributed by atoms with Crippen molar-refractivity contribution in [3.05, 3.63) is 58.7 Å². The van der Waals surface area contributed by atoms with E-state index in [1.54, 1.807) is 0 Å². The average molecular weight is 398 g/mol. The Labute approximate surface area is 172 Å². The first-order valence-electron chi connectivity index (χ1n) is 10.1. The van der Waals surface area contributed by atoms with Crippen molar-refractivity contribution in [2.75, 3.05) is 25.0 Å². The zero-order valence-electron chi connectivity index (χ0n) is 16.5. The minimum Gasteiger partial charge on any atom is -0.356 e. The number of rotatable bonds is 4. The third-order valence-electron chi connectivity index (χ3n) is 5.65. The van der Waals surface area contributed by atoms with Crippen LogP contribution in [-0.2, 0) is 0 Å². The molecule has 0 bridgehead atoms. The minimum absolute atomic E-state index is 0.432.